The minimum absolute atomic E-state index is 0.0784. The number of nitrogens with zero attached hydrogens (tertiary/aromatic N) is 1. The Kier molecular flexibility index (Phi) is 6.05. The molecule has 148 valence electrons. The van der Waals surface area contributed by atoms with E-state index in [2.05, 4.69) is 10.9 Å². The highest BCUT2D eigenvalue weighted by Crippen LogP contribution is 2.24. The lowest BCUT2D eigenvalue weighted by atomic mass is 10.2. The molecule has 2 N–H and O–H groups in total. The maximum atomic E-state index is 14.2. The second-order valence-corrected chi connectivity index (χ2v) is 8.29. The molecule has 0 saturated carbocycles. The number of hydrazine groups is 1. The van der Waals surface area contributed by atoms with E-state index in [1.54, 1.807) is 30.3 Å². The molecule has 0 radical (unpaired) electrons. The molecule has 1 aliphatic rings. The molecule has 0 atom stereocenters. The summed E-state index contributed by atoms with van der Waals surface area (Å²) in [5.74, 6) is -2.20. The number of benzene rings is 2. The third kappa shape index (κ3) is 4.37. The van der Waals surface area contributed by atoms with E-state index in [1.165, 1.54) is 4.31 Å². The highest BCUT2D eigenvalue weighted by Gasteiger charge is 2.29. The molecule has 2 aromatic carbocycles. The van der Waals surface area contributed by atoms with Crippen LogP contribution in [0.2, 0.25) is 0 Å². The number of halogens is 1. The zero-order chi connectivity index (χ0) is 20.1. The monoisotopic (exact) mass is 405 g/mol. The van der Waals surface area contributed by atoms with Gasteiger partial charge in [0.1, 0.15) is 10.7 Å². The van der Waals surface area contributed by atoms with Gasteiger partial charge >= 0.3 is 0 Å². The van der Waals surface area contributed by atoms with Crippen molar-refractivity contribution in [3.05, 3.63) is 65.5 Å². The summed E-state index contributed by atoms with van der Waals surface area (Å²) >= 11 is 0. The topological polar surface area (TPSA) is 95.6 Å². The van der Waals surface area contributed by atoms with Crippen LogP contribution in [0.25, 0.3) is 0 Å². The Morgan fingerprint density at radius 3 is 2.11 bits per heavy atom. The van der Waals surface area contributed by atoms with Gasteiger partial charge in [0.15, 0.2) is 0 Å². The van der Waals surface area contributed by atoms with Crippen LogP contribution in [-0.4, -0.2) is 37.6 Å². The first kappa shape index (κ1) is 20.0. The van der Waals surface area contributed by atoms with Crippen LogP contribution in [0.5, 0.6) is 0 Å². The van der Waals surface area contributed by atoms with Crippen molar-refractivity contribution in [3.63, 3.8) is 0 Å². The average Bonchev–Trinajstić information content (AvgIpc) is 2.73. The second-order valence-electron chi connectivity index (χ2n) is 6.38. The summed E-state index contributed by atoms with van der Waals surface area (Å²) in [4.78, 5) is 23.7. The number of hydrogen-bond acceptors (Lipinski definition) is 4. The molecule has 0 aromatic heterocycles. The first-order valence-electron chi connectivity index (χ1n) is 8.85. The number of amides is 2. The first-order chi connectivity index (χ1) is 13.4. The lowest BCUT2D eigenvalue weighted by Crippen LogP contribution is -2.41. The number of rotatable bonds is 4. The molecule has 3 rings (SSSR count). The van der Waals surface area contributed by atoms with E-state index in [-0.39, 0.29) is 5.56 Å². The van der Waals surface area contributed by atoms with Gasteiger partial charge in [0.25, 0.3) is 11.8 Å². The third-order valence-electron chi connectivity index (χ3n) is 4.45. The van der Waals surface area contributed by atoms with Crippen molar-refractivity contribution in [1.29, 1.82) is 0 Å². The van der Waals surface area contributed by atoms with Crippen molar-refractivity contribution in [2.75, 3.05) is 13.1 Å². The van der Waals surface area contributed by atoms with Gasteiger partial charge in [0.05, 0.1) is 0 Å². The zero-order valence-corrected chi connectivity index (χ0v) is 15.8. The van der Waals surface area contributed by atoms with E-state index in [1.807, 2.05) is 0 Å². The van der Waals surface area contributed by atoms with Crippen LogP contribution < -0.4 is 10.9 Å². The van der Waals surface area contributed by atoms with Crippen molar-refractivity contribution in [1.82, 2.24) is 15.2 Å². The Bertz CT molecular complexity index is 974. The summed E-state index contributed by atoms with van der Waals surface area (Å²) in [5.41, 5.74) is 4.71. The maximum Gasteiger partial charge on any atom is 0.269 e. The molecular weight excluding hydrogens is 385 g/mol. The molecule has 2 aromatic rings. The molecule has 0 aliphatic carbocycles. The molecule has 1 fully saturated rings. The van der Waals surface area contributed by atoms with E-state index < -0.39 is 32.6 Å². The van der Waals surface area contributed by atoms with Crippen LogP contribution in [0.15, 0.2) is 53.4 Å². The molecule has 2 amide bonds. The van der Waals surface area contributed by atoms with Gasteiger partial charge in [-0.05, 0) is 43.2 Å². The van der Waals surface area contributed by atoms with Crippen LogP contribution in [0.3, 0.4) is 0 Å². The Morgan fingerprint density at radius 2 is 1.46 bits per heavy atom. The average molecular weight is 405 g/mol. The van der Waals surface area contributed by atoms with Crippen molar-refractivity contribution in [2.45, 2.75) is 24.2 Å². The SMILES string of the molecule is O=C(NNC(=O)c1ccc(F)c(S(=O)(=O)N2CCCCC2)c1)c1ccccc1. The van der Waals surface area contributed by atoms with Crippen molar-refractivity contribution in [3.8, 4) is 0 Å². The fourth-order valence-corrected chi connectivity index (χ4v) is 4.54. The van der Waals surface area contributed by atoms with Gasteiger partial charge in [-0.25, -0.2) is 12.8 Å². The number of piperidine rings is 1. The van der Waals surface area contributed by atoms with Crippen LogP contribution >= 0.6 is 0 Å². The number of hydrogen-bond donors (Lipinski definition) is 2. The molecule has 9 heteroatoms. The molecule has 0 bridgehead atoms. The van der Waals surface area contributed by atoms with Gasteiger partial charge in [-0.3, -0.25) is 20.4 Å². The maximum absolute atomic E-state index is 14.2. The minimum atomic E-state index is -4.03. The van der Waals surface area contributed by atoms with Gasteiger partial charge < -0.3 is 0 Å². The predicted molar refractivity (Wildman–Crippen MR) is 100 cm³/mol. The van der Waals surface area contributed by atoms with Gasteiger partial charge in [-0.1, -0.05) is 24.6 Å². The molecule has 1 aliphatic heterocycles. The number of nitrogens with one attached hydrogen (secondary N) is 2. The smallest absolute Gasteiger partial charge is 0.267 e. The minimum Gasteiger partial charge on any atom is -0.267 e. The Hall–Kier alpha value is -2.78. The van der Waals surface area contributed by atoms with E-state index in [0.29, 0.717) is 31.5 Å². The van der Waals surface area contributed by atoms with Gasteiger partial charge in [-0.15, -0.1) is 0 Å². The molecular formula is C19H20FN3O4S. The van der Waals surface area contributed by atoms with Gasteiger partial charge in [0, 0.05) is 24.2 Å². The molecule has 0 unspecified atom stereocenters. The van der Waals surface area contributed by atoms with E-state index >= 15 is 0 Å². The van der Waals surface area contributed by atoms with E-state index in [0.717, 1.165) is 24.6 Å². The van der Waals surface area contributed by atoms with Crippen molar-refractivity contribution < 1.29 is 22.4 Å². The fourth-order valence-electron chi connectivity index (χ4n) is 2.93. The molecule has 0 spiro atoms. The summed E-state index contributed by atoms with van der Waals surface area (Å²) in [6, 6.07) is 11.3. The zero-order valence-electron chi connectivity index (χ0n) is 15.0. The molecule has 7 nitrogen and oxygen atoms in total. The van der Waals surface area contributed by atoms with Crippen LogP contribution in [0.1, 0.15) is 40.0 Å². The Balaban J connectivity index is 1.75. The molecule has 1 saturated heterocycles. The van der Waals surface area contributed by atoms with Crippen LogP contribution in [0, 0.1) is 5.82 Å². The molecule has 28 heavy (non-hydrogen) atoms. The van der Waals surface area contributed by atoms with Crippen molar-refractivity contribution >= 4 is 21.8 Å². The summed E-state index contributed by atoms with van der Waals surface area (Å²) in [7, 11) is -4.03. The van der Waals surface area contributed by atoms with Crippen LogP contribution in [0.4, 0.5) is 4.39 Å². The van der Waals surface area contributed by atoms with Crippen molar-refractivity contribution in [2.24, 2.45) is 0 Å². The number of carbonyl (C=O) groups excluding carboxylic acids is 2. The highest BCUT2D eigenvalue weighted by molar-refractivity contribution is 7.89. The Labute approximate surface area is 162 Å². The normalized spacial score (nSPS) is 15.0. The second kappa shape index (κ2) is 8.49. The fraction of sp³-hybridized carbons (Fsp3) is 0.263. The lowest BCUT2D eigenvalue weighted by molar-refractivity contribution is 0.0846. The van der Waals surface area contributed by atoms with Gasteiger partial charge in [0.2, 0.25) is 10.0 Å². The predicted octanol–water partition coefficient (Wildman–Crippen LogP) is 2.08. The van der Waals surface area contributed by atoms with E-state index in [9.17, 15) is 22.4 Å². The first-order valence-corrected chi connectivity index (χ1v) is 10.3. The van der Waals surface area contributed by atoms with Gasteiger partial charge in [-0.2, -0.15) is 4.31 Å². The summed E-state index contributed by atoms with van der Waals surface area (Å²) in [6.07, 6.45) is 2.36. The van der Waals surface area contributed by atoms with Crippen LogP contribution in [-0.2, 0) is 10.0 Å². The quantitative estimate of drug-likeness (QED) is 0.762. The third-order valence-corrected chi connectivity index (χ3v) is 6.37. The lowest BCUT2D eigenvalue weighted by Gasteiger charge is -2.26. The standard InChI is InChI=1S/C19H20FN3O4S/c20-16-10-9-15(13-17(16)28(26,27)23-11-5-2-6-12-23)19(25)22-21-18(24)14-7-3-1-4-8-14/h1,3-4,7-10,13H,2,5-6,11-12H2,(H,21,24)(H,22,25). The Morgan fingerprint density at radius 1 is 0.857 bits per heavy atom. The molecule has 1 heterocycles. The summed E-state index contributed by atoms with van der Waals surface area (Å²) < 4.78 is 40.9. The number of sulfonamides is 1. The summed E-state index contributed by atoms with van der Waals surface area (Å²) in [6.45, 7) is 0.649. The largest absolute Gasteiger partial charge is 0.269 e. The summed E-state index contributed by atoms with van der Waals surface area (Å²) in [5, 5.41) is 0. The van der Waals surface area contributed by atoms with E-state index in [4.69, 9.17) is 0 Å². The number of carbonyl (C=O) groups is 2. The highest BCUT2D eigenvalue weighted by atomic mass is 32.2.